The van der Waals surface area contributed by atoms with Gasteiger partial charge in [0.1, 0.15) is 0 Å². The molecule has 0 radical (unpaired) electrons. The Morgan fingerprint density at radius 2 is 2.00 bits per heavy atom. The Labute approximate surface area is 92.0 Å². The Bertz CT molecular complexity index is 224. The van der Waals surface area contributed by atoms with E-state index >= 15 is 0 Å². The van der Waals surface area contributed by atoms with Crippen LogP contribution >= 0.6 is 0 Å². The fourth-order valence-electron chi connectivity index (χ4n) is 2.40. The van der Waals surface area contributed by atoms with E-state index < -0.39 is 0 Å². The van der Waals surface area contributed by atoms with Crippen molar-refractivity contribution in [3.63, 3.8) is 0 Å². The van der Waals surface area contributed by atoms with Gasteiger partial charge in [0.15, 0.2) is 0 Å². The van der Waals surface area contributed by atoms with Gasteiger partial charge in [-0.1, -0.05) is 19.8 Å². The van der Waals surface area contributed by atoms with E-state index in [2.05, 4.69) is 17.6 Å². The van der Waals surface area contributed by atoms with Crippen molar-refractivity contribution in [2.75, 3.05) is 13.1 Å². The van der Waals surface area contributed by atoms with Gasteiger partial charge in [-0.25, -0.2) is 0 Å². The lowest BCUT2D eigenvalue weighted by Gasteiger charge is -2.12. The topological polar surface area (TPSA) is 41.1 Å². The Hall–Kier alpha value is -0.570. The lowest BCUT2D eigenvalue weighted by molar-refractivity contribution is -0.120. The first-order valence-electron chi connectivity index (χ1n) is 6.26. The van der Waals surface area contributed by atoms with Gasteiger partial charge in [0.05, 0.1) is 6.54 Å². The molecule has 0 spiro atoms. The van der Waals surface area contributed by atoms with E-state index in [9.17, 15) is 4.79 Å². The van der Waals surface area contributed by atoms with Gasteiger partial charge in [-0.15, -0.1) is 0 Å². The third-order valence-electron chi connectivity index (χ3n) is 3.69. The third-order valence-corrected chi connectivity index (χ3v) is 3.69. The van der Waals surface area contributed by atoms with Crippen molar-refractivity contribution in [3.8, 4) is 0 Å². The van der Waals surface area contributed by atoms with E-state index in [1.807, 2.05) is 0 Å². The summed E-state index contributed by atoms with van der Waals surface area (Å²) in [6.07, 6.45) is 6.23. The molecule has 0 aromatic carbocycles. The molecule has 86 valence electrons. The highest BCUT2D eigenvalue weighted by Crippen LogP contribution is 2.36. The van der Waals surface area contributed by atoms with Gasteiger partial charge in [0.2, 0.25) is 5.91 Å². The molecule has 2 aliphatic rings. The Kier molecular flexibility index (Phi) is 3.62. The number of carbonyl (C=O) groups is 1. The molecule has 2 unspecified atom stereocenters. The summed E-state index contributed by atoms with van der Waals surface area (Å²) in [6, 6.07) is 0.458. The molecule has 0 heterocycles. The number of amides is 1. The van der Waals surface area contributed by atoms with Crippen LogP contribution in [0.4, 0.5) is 0 Å². The van der Waals surface area contributed by atoms with Crippen LogP contribution in [0.5, 0.6) is 0 Å². The quantitative estimate of drug-likeness (QED) is 0.718. The number of hydrogen-bond acceptors (Lipinski definition) is 2. The monoisotopic (exact) mass is 210 g/mol. The lowest BCUT2D eigenvalue weighted by Crippen LogP contribution is -2.39. The molecule has 2 atom stereocenters. The fourth-order valence-corrected chi connectivity index (χ4v) is 2.40. The van der Waals surface area contributed by atoms with Crippen LogP contribution in [0.3, 0.4) is 0 Å². The number of nitrogens with one attached hydrogen (secondary N) is 2. The van der Waals surface area contributed by atoms with Gasteiger partial charge in [-0.3, -0.25) is 4.79 Å². The molecule has 2 saturated carbocycles. The minimum atomic E-state index is 0.176. The Morgan fingerprint density at radius 1 is 1.33 bits per heavy atom. The van der Waals surface area contributed by atoms with Crippen LogP contribution in [0, 0.1) is 11.8 Å². The summed E-state index contributed by atoms with van der Waals surface area (Å²) >= 11 is 0. The first kappa shape index (κ1) is 10.9. The summed E-state index contributed by atoms with van der Waals surface area (Å²) < 4.78 is 0. The molecule has 0 saturated heterocycles. The van der Waals surface area contributed by atoms with Crippen molar-refractivity contribution in [1.82, 2.24) is 10.6 Å². The summed E-state index contributed by atoms with van der Waals surface area (Å²) in [4.78, 5) is 11.5. The molecule has 0 aliphatic heterocycles. The van der Waals surface area contributed by atoms with E-state index in [1.165, 1.54) is 32.1 Å². The first-order chi connectivity index (χ1) is 7.25. The van der Waals surface area contributed by atoms with Crippen molar-refractivity contribution >= 4 is 5.91 Å². The smallest absolute Gasteiger partial charge is 0.234 e. The van der Waals surface area contributed by atoms with Crippen molar-refractivity contribution < 1.29 is 4.79 Å². The second kappa shape index (κ2) is 4.97. The number of carbonyl (C=O) groups excluding carboxylic acids is 1. The summed E-state index contributed by atoms with van der Waals surface area (Å²) in [6.45, 7) is 3.78. The zero-order valence-electron chi connectivity index (χ0n) is 9.59. The zero-order chi connectivity index (χ0) is 10.7. The highest BCUT2D eigenvalue weighted by Gasteiger charge is 2.31. The molecule has 0 bridgehead atoms. The molecule has 2 fully saturated rings. The largest absolute Gasteiger partial charge is 0.352 e. The van der Waals surface area contributed by atoms with E-state index in [1.54, 1.807) is 0 Å². The molecule has 0 aromatic rings. The van der Waals surface area contributed by atoms with Gasteiger partial charge in [-0.05, 0) is 37.6 Å². The van der Waals surface area contributed by atoms with Gasteiger partial charge in [0.25, 0.3) is 0 Å². The second-order valence-electron chi connectivity index (χ2n) is 5.15. The molecule has 2 rings (SSSR count). The first-order valence-corrected chi connectivity index (χ1v) is 6.26. The van der Waals surface area contributed by atoms with Crippen molar-refractivity contribution in [2.45, 2.75) is 45.1 Å². The average Bonchev–Trinajstić information content (AvgIpc) is 2.69. The van der Waals surface area contributed by atoms with Gasteiger partial charge >= 0.3 is 0 Å². The van der Waals surface area contributed by atoms with Gasteiger partial charge in [-0.2, -0.15) is 0 Å². The fraction of sp³-hybridized carbons (Fsp3) is 0.917. The van der Waals surface area contributed by atoms with Crippen LogP contribution in [0.2, 0.25) is 0 Å². The molecule has 2 aliphatic carbocycles. The van der Waals surface area contributed by atoms with Crippen LogP contribution in [-0.2, 0) is 4.79 Å². The standard InChI is InChI=1S/C12H22N2O/c1-9-6-10(9)7-13-8-12(15)14-11-4-2-3-5-11/h9-11,13H,2-8H2,1H3,(H,14,15). The van der Waals surface area contributed by atoms with Crippen LogP contribution in [0.1, 0.15) is 39.0 Å². The highest BCUT2D eigenvalue weighted by atomic mass is 16.1. The predicted molar refractivity (Wildman–Crippen MR) is 60.5 cm³/mol. The molecule has 0 aromatic heterocycles. The average molecular weight is 210 g/mol. The van der Waals surface area contributed by atoms with Gasteiger partial charge in [0, 0.05) is 6.04 Å². The van der Waals surface area contributed by atoms with Crippen LogP contribution in [0.25, 0.3) is 0 Å². The van der Waals surface area contributed by atoms with Gasteiger partial charge < -0.3 is 10.6 Å². The highest BCUT2D eigenvalue weighted by molar-refractivity contribution is 5.78. The molecular formula is C12H22N2O. The van der Waals surface area contributed by atoms with E-state index in [4.69, 9.17) is 0 Å². The minimum absolute atomic E-state index is 0.176. The maximum atomic E-state index is 11.5. The van der Waals surface area contributed by atoms with Crippen LogP contribution in [0.15, 0.2) is 0 Å². The summed E-state index contributed by atoms with van der Waals surface area (Å²) in [5, 5.41) is 6.32. The molecular weight excluding hydrogens is 188 g/mol. The van der Waals surface area contributed by atoms with Crippen LogP contribution < -0.4 is 10.6 Å². The number of hydrogen-bond donors (Lipinski definition) is 2. The SMILES string of the molecule is CC1CC1CNCC(=O)NC1CCCC1. The number of rotatable bonds is 5. The summed E-state index contributed by atoms with van der Waals surface area (Å²) in [7, 11) is 0. The zero-order valence-corrected chi connectivity index (χ0v) is 9.59. The van der Waals surface area contributed by atoms with Crippen molar-refractivity contribution in [1.29, 1.82) is 0 Å². The normalized spacial score (nSPS) is 30.5. The maximum absolute atomic E-state index is 11.5. The van der Waals surface area contributed by atoms with E-state index in [0.29, 0.717) is 12.6 Å². The molecule has 15 heavy (non-hydrogen) atoms. The van der Waals surface area contributed by atoms with E-state index in [-0.39, 0.29) is 5.91 Å². The Morgan fingerprint density at radius 3 is 2.60 bits per heavy atom. The predicted octanol–water partition coefficient (Wildman–Crippen LogP) is 1.29. The molecule has 1 amide bonds. The summed E-state index contributed by atoms with van der Waals surface area (Å²) in [5.41, 5.74) is 0. The summed E-state index contributed by atoms with van der Waals surface area (Å²) in [5.74, 6) is 1.87. The minimum Gasteiger partial charge on any atom is -0.352 e. The molecule has 3 heteroatoms. The van der Waals surface area contributed by atoms with Crippen LogP contribution in [-0.4, -0.2) is 25.0 Å². The molecule has 3 nitrogen and oxygen atoms in total. The Balaban J connectivity index is 1.52. The lowest BCUT2D eigenvalue weighted by atomic mass is 10.2. The third kappa shape index (κ3) is 3.49. The van der Waals surface area contributed by atoms with Crippen molar-refractivity contribution in [2.24, 2.45) is 11.8 Å². The maximum Gasteiger partial charge on any atom is 0.234 e. The van der Waals surface area contributed by atoms with Crippen molar-refractivity contribution in [3.05, 3.63) is 0 Å². The van der Waals surface area contributed by atoms with E-state index in [0.717, 1.165) is 18.4 Å². The second-order valence-corrected chi connectivity index (χ2v) is 5.15. The molecule has 2 N–H and O–H groups in total.